The average Bonchev–Trinajstić information content (AvgIpc) is 2.81. The molecule has 0 aliphatic rings. The molecule has 0 amide bonds. The number of nitrogens with zero attached hydrogens (tertiary/aromatic N) is 3. The molecule has 1 aromatic heterocycles. The molecular weight excluding hydrogens is 425 g/mol. The molecule has 5 nitrogen and oxygen atoms in total. The van der Waals surface area contributed by atoms with Crippen LogP contribution >= 0.6 is 24.0 Å². The van der Waals surface area contributed by atoms with Crippen molar-refractivity contribution in [2.45, 2.75) is 46.5 Å². The number of hydrogen-bond donors (Lipinski definition) is 2. The summed E-state index contributed by atoms with van der Waals surface area (Å²) in [4.78, 5) is 4.43. The van der Waals surface area contributed by atoms with Gasteiger partial charge in [-0.2, -0.15) is 5.10 Å². The topological polar surface area (TPSA) is 68.2 Å². The number of nitrogens with two attached hydrogens (primary N) is 1. The Morgan fingerprint density at radius 2 is 1.92 bits per heavy atom. The maximum absolute atomic E-state index is 5.99. The number of aliphatic imine (C=N–C) groups is 1. The van der Waals surface area contributed by atoms with Crippen LogP contribution in [-0.2, 0) is 13.5 Å². The Labute approximate surface area is 168 Å². The Bertz CT molecular complexity index is 703. The van der Waals surface area contributed by atoms with E-state index in [4.69, 9.17) is 5.73 Å². The first-order chi connectivity index (χ1) is 11.4. The maximum Gasteiger partial charge on any atom is 0.193 e. The Morgan fingerprint density at radius 1 is 1.28 bits per heavy atom. The molecule has 0 aliphatic heterocycles. The standard InChI is InChI=1S/C19H29N5.HI/c1-6-13(2)16-7-9-17(10-8-16)22-19(20)21-12-11-18-14(3)23-24(5)15(18)4;/h7-10,13H,6,11-12H2,1-5H3,(H3,20,21,22);1H. The van der Waals surface area contributed by atoms with Crippen molar-refractivity contribution in [3.05, 3.63) is 46.8 Å². The smallest absolute Gasteiger partial charge is 0.193 e. The highest BCUT2D eigenvalue weighted by molar-refractivity contribution is 14.0. The fraction of sp³-hybridized carbons (Fsp3) is 0.474. The van der Waals surface area contributed by atoms with Crippen LogP contribution < -0.4 is 11.1 Å². The molecule has 0 fully saturated rings. The van der Waals surface area contributed by atoms with Crippen molar-refractivity contribution in [2.24, 2.45) is 17.8 Å². The van der Waals surface area contributed by atoms with Crippen LogP contribution in [0.15, 0.2) is 29.3 Å². The second-order valence-corrected chi connectivity index (χ2v) is 6.35. The minimum atomic E-state index is 0. The minimum absolute atomic E-state index is 0. The van der Waals surface area contributed by atoms with Crippen molar-refractivity contribution in [1.82, 2.24) is 9.78 Å². The normalized spacial score (nSPS) is 12.6. The van der Waals surface area contributed by atoms with Gasteiger partial charge in [-0.15, -0.1) is 24.0 Å². The molecule has 0 saturated carbocycles. The Hall–Kier alpha value is -1.57. The van der Waals surface area contributed by atoms with E-state index in [1.54, 1.807) is 0 Å². The fourth-order valence-corrected chi connectivity index (χ4v) is 2.79. The van der Waals surface area contributed by atoms with E-state index in [2.05, 4.69) is 60.4 Å². The number of aryl methyl sites for hydroxylation is 2. The molecule has 1 aromatic carbocycles. The summed E-state index contributed by atoms with van der Waals surface area (Å²) in [6.07, 6.45) is 1.99. The predicted molar refractivity (Wildman–Crippen MR) is 117 cm³/mol. The second-order valence-electron chi connectivity index (χ2n) is 6.35. The van der Waals surface area contributed by atoms with Crippen LogP contribution in [0.25, 0.3) is 0 Å². The molecule has 138 valence electrons. The lowest BCUT2D eigenvalue weighted by Gasteiger charge is -2.10. The van der Waals surface area contributed by atoms with E-state index in [0.717, 1.165) is 24.2 Å². The van der Waals surface area contributed by atoms with E-state index in [0.29, 0.717) is 18.4 Å². The molecule has 0 saturated heterocycles. The van der Waals surface area contributed by atoms with Gasteiger partial charge in [0.15, 0.2) is 5.96 Å². The van der Waals surface area contributed by atoms with E-state index < -0.39 is 0 Å². The van der Waals surface area contributed by atoms with Crippen molar-refractivity contribution in [2.75, 3.05) is 11.9 Å². The number of hydrogen-bond acceptors (Lipinski definition) is 2. The van der Waals surface area contributed by atoms with Crippen molar-refractivity contribution in [3.8, 4) is 0 Å². The van der Waals surface area contributed by atoms with Gasteiger partial charge in [-0.05, 0) is 55.9 Å². The lowest BCUT2D eigenvalue weighted by Crippen LogP contribution is -2.23. The van der Waals surface area contributed by atoms with Crippen LogP contribution in [0.4, 0.5) is 5.69 Å². The monoisotopic (exact) mass is 455 g/mol. The van der Waals surface area contributed by atoms with Crippen LogP contribution in [0.2, 0.25) is 0 Å². The first-order valence-corrected chi connectivity index (χ1v) is 8.58. The summed E-state index contributed by atoms with van der Waals surface area (Å²) in [5.41, 5.74) is 11.8. The molecule has 0 spiro atoms. The third-order valence-corrected chi connectivity index (χ3v) is 4.67. The average molecular weight is 455 g/mol. The van der Waals surface area contributed by atoms with Gasteiger partial charge < -0.3 is 11.1 Å². The summed E-state index contributed by atoms with van der Waals surface area (Å²) in [7, 11) is 1.97. The van der Waals surface area contributed by atoms with Gasteiger partial charge in [0.2, 0.25) is 0 Å². The highest BCUT2D eigenvalue weighted by atomic mass is 127. The quantitative estimate of drug-likeness (QED) is 0.391. The van der Waals surface area contributed by atoms with Gasteiger partial charge in [-0.1, -0.05) is 26.0 Å². The zero-order chi connectivity index (χ0) is 17.7. The largest absolute Gasteiger partial charge is 0.370 e. The highest BCUT2D eigenvalue weighted by Gasteiger charge is 2.08. The van der Waals surface area contributed by atoms with E-state index in [1.165, 1.54) is 16.8 Å². The lowest BCUT2D eigenvalue weighted by atomic mass is 9.99. The molecule has 1 heterocycles. The summed E-state index contributed by atoms with van der Waals surface area (Å²) in [6.45, 7) is 9.21. The molecule has 2 aromatic rings. The van der Waals surface area contributed by atoms with Gasteiger partial charge in [0.05, 0.1) is 5.69 Å². The van der Waals surface area contributed by atoms with Gasteiger partial charge in [0.1, 0.15) is 0 Å². The number of guanidine groups is 1. The molecule has 1 unspecified atom stereocenters. The Balaban J connectivity index is 0.00000312. The van der Waals surface area contributed by atoms with Crippen LogP contribution in [0, 0.1) is 13.8 Å². The maximum atomic E-state index is 5.99. The highest BCUT2D eigenvalue weighted by Crippen LogP contribution is 2.20. The molecule has 1 atom stereocenters. The first kappa shape index (κ1) is 21.5. The van der Waals surface area contributed by atoms with Crippen LogP contribution in [-0.4, -0.2) is 22.3 Å². The Morgan fingerprint density at radius 3 is 2.44 bits per heavy atom. The molecule has 0 aliphatic carbocycles. The predicted octanol–water partition coefficient (Wildman–Crippen LogP) is 4.14. The third kappa shape index (κ3) is 5.73. The molecule has 6 heteroatoms. The number of rotatable bonds is 6. The van der Waals surface area contributed by atoms with E-state index in [9.17, 15) is 0 Å². The van der Waals surface area contributed by atoms with Gasteiger partial charge >= 0.3 is 0 Å². The minimum Gasteiger partial charge on any atom is -0.370 e. The second kappa shape index (κ2) is 9.79. The number of benzene rings is 1. The summed E-state index contributed by atoms with van der Waals surface area (Å²) in [5.74, 6) is 1.03. The number of aromatic nitrogens is 2. The number of nitrogens with one attached hydrogen (secondary N) is 1. The summed E-state index contributed by atoms with van der Waals surface area (Å²) < 4.78 is 1.91. The summed E-state index contributed by atoms with van der Waals surface area (Å²) in [6, 6.07) is 8.40. The van der Waals surface area contributed by atoms with Crippen molar-refractivity contribution in [1.29, 1.82) is 0 Å². The molecule has 2 rings (SSSR count). The van der Waals surface area contributed by atoms with E-state index in [1.807, 2.05) is 18.7 Å². The van der Waals surface area contributed by atoms with Gasteiger partial charge in [0.25, 0.3) is 0 Å². The summed E-state index contributed by atoms with van der Waals surface area (Å²) >= 11 is 0. The Kier molecular flexibility index (Phi) is 8.41. The first-order valence-electron chi connectivity index (χ1n) is 8.58. The molecule has 0 radical (unpaired) electrons. The zero-order valence-corrected chi connectivity index (χ0v) is 18.2. The molecule has 25 heavy (non-hydrogen) atoms. The van der Waals surface area contributed by atoms with Gasteiger partial charge in [0, 0.05) is 25.0 Å². The van der Waals surface area contributed by atoms with Gasteiger partial charge in [-0.25, -0.2) is 0 Å². The summed E-state index contributed by atoms with van der Waals surface area (Å²) in [5, 5.41) is 7.58. The molecular formula is C19H30IN5. The van der Waals surface area contributed by atoms with Crippen molar-refractivity contribution in [3.63, 3.8) is 0 Å². The lowest BCUT2D eigenvalue weighted by molar-refractivity contribution is 0.730. The molecule has 0 bridgehead atoms. The number of halogens is 1. The third-order valence-electron chi connectivity index (χ3n) is 4.67. The van der Waals surface area contributed by atoms with E-state index in [-0.39, 0.29) is 24.0 Å². The van der Waals surface area contributed by atoms with Gasteiger partial charge in [-0.3, -0.25) is 9.67 Å². The fourth-order valence-electron chi connectivity index (χ4n) is 2.79. The van der Waals surface area contributed by atoms with E-state index >= 15 is 0 Å². The van der Waals surface area contributed by atoms with Crippen molar-refractivity contribution < 1.29 is 0 Å². The van der Waals surface area contributed by atoms with Crippen LogP contribution in [0.1, 0.15) is 48.7 Å². The van der Waals surface area contributed by atoms with Crippen LogP contribution in [0.3, 0.4) is 0 Å². The SMILES string of the molecule is CCC(C)c1ccc(NC(N)=NCCc2c(C)nn(C)c2C)cc1.I. The van der Waals surface area contributed by atoms with Crippen LogP contribution in [0.5, 0.6) is 0 Å². The number of anilines is 1. The zero-order valence-electron chi connectivity index (χ0n) is 15.8. The molecule has 3 N–H and O–H groups in total. The van der Waals surface area contributed by atoms with Crippen molar-refractivity contribution >= 4 is 35.6 Å².